The van der Waals surface area contributed by atoms with E-state index in [9.17, 15) is 22.1 Å². The summed E-state index contributed by atoms with van der Waals surface area (Å²) >= 11 is 0. The van der Waals surface area contributed by atoms with Gasteiger partial charge in [0.15, 0.2) is 5.69 Å². The van der Waals surface area contributed by atoms with Crippen molar-refractivity contribution in [3.05, 3.63) is 114 Å². The Labute approximate surface area is 201 Å². The molecule has 0 spiro atoms. The molecule has 0 radical (unpaired) electrons. The third kappa shape index (κ3) is 7.02. The van der Waals surface area contributed by atoms with Gasteiger partial charge in [-0.05, 0) is 23.3 Å². The summed E-state index contributed by atoms with van der Waals surface area (Å²) in [6, 6.07) is 33.9. The molecule has 8 heteroatoms. The van der Waals surface area contributed by atoms with Crippen LogP contribution in [-0.2, 0) is 9.53 Å². The van der Waals surface area contributed by atoms with Gasteiger partial charge in [0, 0.05) is 30.2 Å². The maximum Gasteiger partial charge on any atom is 0.673 e. The molecule has 4 aromatic rings. The Bertz CT molecular complexity index is 1240. The number of methoxy groups -OCH3 is 1. The number of carbonyl (C=O) groups is 1. The highest BCUT2D eigenvalue weighted by Gasteiger charge is 2.35. The van der Waals surface area contributed by atoms with Crippen LogP contribution in [0.15, 0.2) is 103 Å². The van der Waals surface area contributed by atoms with Crippen LogP contribution in [0.25, 0.3) is 22.4 Å². The molecule has 3 nitrogen and oxygen atoms in total. The zero-order chi connectivity index (χ0) is 25.4. The molecule has 3 aromatic carbocycles. The Kier molecular flexibility index (Phi) is 8.41. The number of halogens is 4. The van der Waals surface area contributed by atoms with E-state index < -0.39 is 13.3 Å². The highest BCUT2D eigenvalue weighted by Crippen LogP contribution is 2.28. The molecule has 180 valence electrons. The Balaban J connectivity index is 0.000000623. The third-order valence-corrected chi connectivity index (χ3v) is 5.27. The van der Waals surface area contributed by atoms with E-state index in [0.29, 0.717) is 0 Å². The van der Waals surface area contributed by atoms with Crippen molar-refractivity contribution in [1.82, 2.24) is 0 Å². The average Bonchev–Trinajstić information content (AvgIpc) is 2.85. The van der Waals surface area contributed by atoms with E-state index in [0.717, 1.165) is 33.6 Å². The molecule has 0 N–H and O–H groups in total. The van der Waals surface area contributed by atoms with E-state index in [1.165, 1.54) is 7.11 Å². The van der Waals surface area contributed by atoms with Crippen LogP contribution in [0.2, 0.25) is 0 Å². The highest BCUT2D eigenvalue weighted by molar-refractivity contribution is 6.50. The predicted octanol–water partition coefficient (Wildman–Crippen LogP) is 6.68. The lowest BCUT2D eigenvalue weighted by molar-refractivity contribution is -0.697. The second-order valence-corrected chi connectivity index (χ2v) is 7.70. The molecular formula is C27H24BF4NO2. The molecule has 0 aliphatic carbocycles. The van der Waals surface area contributed by atoms with Gasteiger partial charge in [0.05, 0.1) is 7.11 Å². The number of rotatable bonds is 5. The number of nitrogens with zero attached hydrogens (tertiary/aromatic N) is 1. The molecule has 0 amide bonds. The monoisotopic (exact) mass is 481 g/mol. The fourth-order valence-electron chi connectivity index (χ4n) is 3.85. The number of ether oxygens (including phenoxy) is 1. The van der Waals surface area contributed by atoms with Crippen molar-refractivity contribution in [1.29, 1.82) is 0 Å². The SMILES string of the molecule is COC(=O)C(c1ccccc1)[n+]1c(C)cc(-c2ccccc2)cc1-c1ccccc1.F[B-](F)(F)F. The summed E-state index contributed by atoms with van der Waals surface area (Å²) in [5.41, 5.74) is 6.13. The first-order valence-corrected chi connectivity index (χ1v) is 10.9. The predicted molar refractivity (Wildman–Crippen MR) is 129 cm³/mol. The normalized spacial score (nSPS) is 11.7. The van der Waals surface area contributed by atoms with E-state index in [4.69, 9.17) is 4.74 Å². The number of hydrogen-bond acceptors (Lipinski definition) is 2. The summed E-state index contributed by atoms with van der Waals surface area (Å²) in [5.74, 6) is -0.293. The number of benzene rings is 3. The van der Waals surface area contributed by atoms with Crippen molar-refractivity contribution in [3.8, 4) is 22.4 Å². The average molecular weight is 481 g/mol. The zero-order valence-electron chi connectivity index (χ0n) is 19.2. The van der Waals surface area contributed by atoms with Gasteiger partial charge in [-0.15, -0.1) is 0 Å². The van der Waals surface area contributed by atoms with Gasteiger partial charge < -0.3 is 22.0 Å². The minimum absolute atomic E-state index is 0.293. The number of carbonyl (C=O) groups excluding carboxylic acids is 1. The maximum atomic E-state index is 13.0. The van der Waals surface area contributed by atoms with Crippen molar-refractivity contribution in [3.63, 3.8) is 0 Å². The standard InChI is InChI=1S/C27H24NO2.BF4/c1-20-18-24(21-12-6-3-7-13-21)19-25(22-14-8-4-9-15-22)28(20)26(27(29)30-2)23-16-10-5-11-17-23;2-1(3,4)5/h3-19,26H,1-2H3;/q+1;-1. The fourth-order valence-corrected chi connectivity index (χ4v) is 3.85. The molecule has 0 saturated carbocycles. The van der Waals surface area contributed by atoms with Crippen LogP contribution in [0.5, 0.6) is 0 Å². The van der Waals surface area contributed by atoms with Gasteiger partial charge >= 0.3 is 13.2 Å². The second kappa shape index (κ2) is 11.5. The Morgan fingerprint density at radius 3 is 1.69 bits per heavy atom. The van der Waals surface area contributed by atoms with Gasteiger partial charge in [0.1, 0.15) is 0 Å². The van der Waals surface area contributed by atoms with Gasteiger partial charge in [0.25, 0.3) is 6.04 Å². The lowest BCUT2D eigenvalue weighted by Gasteiger charge is -2.17. The van der Waals surface area contributed by atoms with Crippen LogP contribution in [0.4, 0.5) is 17.3 Å². The topological polar surface area (TPSA) is 30.2 Å². The molecule has 0 aliphatic heterocycles. The van der Waals surface area contributed by atoms with E-state index in [2.05, 4.69) is 41.0 Å². The Morgan fingerprint density at radius 2 is 1.20 bits per heavy atom. The number of aryl methyl sites for hydroxylation is 1. The van der Waals surface area contributed by atoms with E-state index in [1.54, 1.807) is 0 Å². The molecule has 4 rings (SSSR count). The molecule has 0 saturated heterocycles. The molecule has 1 aromatic heterocycles. The first-order valence-electron chi connectivity index (χ1n) is 10.9. The largest absolute Gasteiger partial charge is 0.673 e. The number of aromatic nitrogens is 1. The van der Waals surface area contributed by atoms with E-state index in [1.807, 2.05) is 73.7 Å². The van der Waals surface area contributed by atoms with Crippen molar-refractivity contribution in [2.45, 2.75) is 13.0 Å². The second-order valence-electron chi connectivity index (χ2n) is 7.70. The summed E-state index contributed by atoms with van der Waals surface area (Å²) < 4.78 is 46.3. The first-order chi connectivity index (χ1) is 16.7. The quantitative estimate of drug-likeness (QED) is 0.138. The van der Waals surface area contributed by atoms with Crippen molar-refractivity contribution < 1.29 is 31.4 Å². The van der Waals surface area contributed by atoms with Crippen molar-refractivity contribution in [2.24, 2.45) is 0 Å². The molecule has 0 fully saturated rings. The first kappa shape index (κ1) is 25.7. The van der Waals surface area contributed by atoms with Gasteiger partial charge in [-0.25, -0.2) is 4.79 Å². The Hall–Kier alpha value is -3.94. The summed E-state index contributed by atoms with van der Waals surface area (Å²) in [4.78, 5) is 13.0. The highest BCUT2D eigenvalue weighted by atomic mass is 19.5. The molecule has 0 aliphatic rings. The van der Waals surface area contributed by atoms with Gasteiger partial charge in [-0.3, -0.25) is 0 Å². The number of hydrogen-bond donors (Lipinski definition) is 0. The summed E-state index contributed by atoms with van der Waals surface area (Å²) in [6.45, 7) is 2.04. The van der Waals surface area contributed by atoms with Crippen LogP contribution in [0.1, 0.15) is 17.3 Å². The van der Waals surface area contributed by atoms with Crippen LogP contribution in [-0.4, -0.2) is 20.3 Å². The lowest BCUT2D eigenvalue weighted by Crippen LogP contribution is -2.49. The lowest BCUT2D eigenvalue weighted by atomic mass is 9.98. The number of esters is 1. The van der Waals surface area contributed by atoms with Gasteiger partial charge in [0.2, 0.25) is 5.69 Å². The molecule has 0 bridgehead atoms. The van der Waals surface area contributed by atoms with Crippen molar-refractivity contribution in [2.75, 3.05) is 7.11 Å². The van der Waals surface area contributed by atoms with E-state index >= 15 is 0 Å². The molecule has 35 heavy (non-hydrogen) atoms. The molecular weight excluding hydrogens is 457 g/mol. The van der Waals surface area contributed by atoms with Crippen molar-refractivity contribution >= 4 is 13.2 Å². The minimum atomic E-state index is -6.00. The summed E-state index contributed by atoms with van der Waals surface area (Å²) in [5, 5.41) is 0. The van der Waals surface area contributed by atoms with Gasteiger partial charge in [-0.2, -0.15) is 4.57 Å². The number of pyridine rings is 1. The Morgan fingerprint density at radius 1 is 0.743 bits per heavy atom. The maximum absolute atomic E-state index is 13.0. The summed E-state index contributed by atoms with van der Waals surface area (Å²) in [7, 11) is -4.56. The van der Waals surface area contributed by atoms with Crippen LogP contribution >= 0.6 is 0 Å². The molecule has 1 atom stereocenters. The van der Waals surface area contributed by atoms with Gasteiger partial charge in [-0.1, -0.05) is 78.9 Å². The van der Waals surface area contributed by atoms with Crippen LogP contribution in [0.3, 0.4) is 0 Å². The minimum Gasteiger partial charge on any atom is -0.464 e. The van der Waals surface area contributed by atoms with Crippen LogP contribution < -0.4 is 4.57 Å². The summed E-state index contributed by atoms with van der Waals surface area (Å²) in [6.07, 6.45) is 0. The zero-order valence-corrected chi connectivity index (χ0v) is 19.2. The smallest absolute Gasteiger partial charge is 0.464 e. The molecule has 1 unspecified atom stereocenters. The third-order valence-electron chi connectivity index (χ3n) is 5.27. The molecule has 1 heterocycles. The fraction of sp³-hybridized carbons (Fsp3) is 0.111. The van der Waals surface area contributed by atoms with E-state index in [-0.39, 0.29) is 5.97 Å². The van der Waals surface area contributed by atoms with Crippen LogP contribution in [0, 0.1) is 6.92 Å².